The maximum atomic E-state index is 12.9. The molecule has 90 valence electrons. The van der Waals surface area contributed by atoms with E-state index < -0.39 is 17.7 Å². The van der Waals surface area contributed by atoms with Gasteiger partial charge in [-0.2, -0.15) is 0 Å². The van der Waals surface area contributed by atoms with Crippen molar-refractivity contribution >= 4 is 0 Å². The Kier molecular flexibility index (Phi) is 4.83. The Bertz CT molecular complexity index is 322. The lowest BCUT2D eigenvalue weighted by molar-refractivity contribution is 0.0736. The predicted molar refractivity (Wildman–Crippen MR) is 59.0 cm³/mol. The van der Waals surface area contributed by atoms with E-state index in [2.05, 4.69) is 0 Å². The summed E-state index contributed by atoms with van der Waals surface area (Å²) in [6.45, 7) is 4.33. The molecule has 0 bridgehead atoms. The molecule has 0 saturated heterocycles. The van der Waals surface area contributed by atoms with E-state index in [0.717, 1.165) is 6.07 Å². The van der Waals surface area contributed by atoms with Gasteiger partial charge < -0.3 is 10.5 Å². The molecular weight excluding hydrogens is 212 g/mol. The molecule has 0 saturated carbocycles. The van der Waals surface area contributed by atoms with E-state index in [-0.39, 0.29) is 6.10 Å². The molecule has 1 aromatic carbocycles. The Labute approximate surface area is 94.4 Å². The highest BCUT2D eigenvalue weighted by Gasteiger charge is 2.09. The van der Waals surface area contributed by atoms with E-state index in [1.165, 1.54) is 12.1 Å². The fraction of sp³-hybridized carbons (Fsp3) is 0.500. The number of benzene rings is 1. The van der Waals surface area contributed by atoms with Crippen LogP contribution < -0.4 is 5.73 Å². The van der Waals surface area contributed by atoms with Crippen LogP contribution in [0.25, 0.3) is 0 Å². The highest BCUT2D eigenvalue weighted by atomic mass is 19.1. The third-order valence-corrected chi connectivity index (χ3v) is 2.19. The summed E-state index contributed by atoms with van der Waals surface area (Å²) in [6.07, 6.45) is 0.678. The van der Waals surface area contributed by atoms with Crippen LogP contribution in [0.3, 0.4) is 0 Å². The number of halogens is 2. The summed E-state index contributed by atoms with van der Waals surface area (Å²) in [6, 6.07) is 2.94. The van der Waals surface area contributed by atoms with E-state index in [9.17, 15) is 8.78 Å². The molecule has 4 heteroatoms. The molecule has 0 heterocycles. The van der Waals surface area contributed by atoms with Gasteiger partial charge in [0.2, 0.25) is 0 Å². The van der Waals surface area contributed by atoms with Crippen LogP contribution >= 0.6 is 0 Å². The van der Waals surface area contributed by atoms with Gasteiger partial charge >= 0.3 is 0 Å². The molecule has 1 aromatic rings. The summed E-state index contributed by atoms with van der Waals surface area (Å²) in [4.78, 5) is 0. The average molecular weight is 229 g/mol. The highest BCUT2D eigenvalue weighted by molar-refractivity contribution is 5.20. The van der Waals surface area contributed by atoms with Gasteiger partial charge in [0.15, 0.2) is 0 Å². The van der Waals surface area contributed by atoms with E-state index in [4.69, 9.17) is 10.5 Å². The van der Waals surface area contributed by atoms with Crippen LogP contribution in [0.15, 0.2) is 18.2 Å². The third-order valence-electron chi connectivity index (χ3n) is 2.19. The predicted octanol–water partition coefficient (Wildman–Crippen LogP) is 2.78. The Morgan fingerprint density at radius 3 is 2.25 bits per heavy atom. The summed E-state index contributed by atoms with van der Waals surface area (Å²) in [5, 5.41) is 0. The molecule has 1 atom stereocenters. The van der Waals surface area contributed by atoms with Crippen LogP contribution in [0.2, 0.25) is 0 Å². The molecule has 2 nitrogen and oxygen atoms in total. The number of ether oxygens (including phenoxy) is 1. The number of hydrogen-bond acceptors (Lipinski definition) is 2. The zero-order valence-electron chi connectivity index (χ0n) is 9.54. The minimum atomic E-state index is -0.602. The van der Waals surface area contributed by atoms with Crippen molar-refractivity contribution in [1.82, 2.24) is 0 Å². The quantitative estimate of drug-likeness (QED) is 0.842. The van der Waals surface area contributed by atoms with E-state index in [1.807, 2.05) is 13.8 Å². The van der Waals surface area contributed by atoms with Gasteiger partial charge in [0.1, 0.15) is 11.6 Å². The maximum Gasteiger partial charge on any atom is 0.126 e. The smallest absolute Gasteiger partial charge is 0.126 e. The third kappa shape index (κ3) is 4.24. The first-order chi connectivity index (χ1) is 7.49. The molecule has 1 rings (SSSR count). The standard InChI is InChI=1S/C12H17F2NO/c1-8(2)16-4-3-12(15)9-5-10(13)7-11(14)6-9/h5-8,12H,3-4,15H2,1-2H3. The van der Waals surface area contributed by atoms with Crippen molar-refractivity contribution in [2.24, 2.45) is 5.73 Å². The summed E-state index contributed by atoms with van der Waals surface area (Å²) >= 11 is 0. The summed E-state index contributed by atoms with van der Waals surface area (Å²) in [5.41, 5.74) is 6.27. The van der Waals surface area contributed by atoms with Crippen molar-refractivity contribution in [2.45, 2.75) is 32.4 Å². The number of hydrogen-bond donors (Lipinski definition) is 1. The lowest BCUT2D eigenvalue weighted by Gasteiger charge is -2.14. The van der Waals surface area contributed by atoms with Gasteiger partial charge in [0.25, 0.3) is 0 Å². The van der Waals surface area contributed by atoms with Crippen LogP contribution in [-0.4, -0.2) is 12.7 Å². The molecule has 0 aliphatic rings. The van der Waals surface area contributed by atoms with E-state index >= 15 is 0 Å². The van der Waals surface area contributed by atoms with Crippen LogP contribution in [-0.2, 0) is 4.74 Å². The molecule has 0 aromatic heterocycles. The summed E-state index contributed by atoms with van der Waals surface area (Å²) < 4.78 is 31.2. The number of nitrogens with two attached hydrogens (primary N) is 1. The first-order valence-electron chi connectivity index (χ1n) is 5.32. The van der Waals surface area contributed by atoms with Gasteiger partial charge in [-0.05, 0) is 38.0 Å². The monoisotopic (exact) mass is 229 g/mol. The lowest BCUT2D eigenvalue weighted by atomic mass is 10.0. The van der Waals surface area contributed by atoms with E-state index in [1.54, 1.807) is 0 Å². The molecule has 16 heavy (non-hydrogen) atoms. The van der Waals surface area contributed by atoms with Crippen LogP contribution in [0, 0.1) is 11.6 Å². The summed E-state index contributed by atoms with van der Waals surface area (Å²) in [5.74, 6) is -1.20. The van der Waals surface area contributed by atoms with E-state index in [0.29, 0.717) is 18.6 Å². The minimum Gasteiger partial charge on any atom is -0.379 e. The van der Waals surface area contributed by atoms with Crippen molar-refractivity contribution in [3.8, 4) is 0 Å². The summed E-state index contributed by atoms with van der Waals surface area (Å²) in [7, 11) is 0. The Morgan fingerprint density at radius 1 is 1.19 bits per heavy atom. The molecule has 0 amide bonds. The molecule has 0 radical (unpaired) electrons. The Hall–Kier alpha value is -1.00. The normalized spacial score (nSPS) is 13.1. The van der Waals surface area contributed by atoms with Crippen LogP contribution in [0.5, 0.6) is 0 Å². The average Bonchev–Trinajstić information content (AvgIpc) is 2.15. The SMILES string of the molecule is CC(C)OCCC(N)c1cc(F)cc(F)c1. The van der Waals surface area contributed by atoms with Gasteiger partial charge in [0, 0.05) is 18.7 Å². The van der Waals surface area contributed by atoms with Gasteiger partial charge in [0.05, 0.1) is 6.10 Å². The van der Waals surface area contributed by atoms with Crippen molar-refractivity contribution < 1.29 is 13.5 Å². The zero-order chi connectivity index (χ0) is 12.1. The topological polar surface area (TPSA) is 35.2 Å². The van der Waals surface area contributed by atoms with Gasteiger partial charge in [-0.1, -0.05) is 0 Å². The minimum absolute atomic E-state index is 0.136. The second-order valence-electron chi connectivity index (χ2n) is 4.02. The van der Waals surface area contributed by atoms with Crippen molar-refractivity contribution in [2.75, 3.05) is 6.61 Å². The number of rotatable bonds is 5. The molecular formula is C12H17F2NO. The van der Waals surface area contributed by atoms with Gasteiger partial charge in [-0.25, -0.2) is 8.78 Å². The van der Waals surface area contributed by atoms with Crippen molar-refractivity contribution in [1.29, 1.82) is 0 Å². The van der Waals surface area contributed by atoms with Gasteiger partial charge in [-0.3, -0.25) is 0 Å². The van der Waals surface area contributed by atoms with Crippen LogP contribution in [0.4, 0.5) is 8.78 Å². The highest BCUT2D eigenvalue weighted by Crippen LogP contribution is 2.17. The maximum absolute atomic E-state index is 12.9. The fourth-order valence-corrected chi connectivity index (χ4v) is 1.39. The first kappa shape index (κ1) is 13.1. The van der Waals surface area contributed by atoms with Crippen molar-refractivity contribution in [3.05, 3.63) is 35.4 Å². The Balaban J connectivity index is 2.55. The molecule has 0 aliphatic carbocycles. The molecule has 0 spiro atoms. The molecule has 0 aliphatic heterocycles. The first-order valence-corrected chi connectivity index (χ1v) is 5.32. The second kappa shape index (κ2) is 5.92. The van der Waals surface area contributed by atoms with Crippen molar-refractivity contribution in [3.63, 3.8) is 0 Å². The zero-order valence-corrected chi connectivity index (χ0v) is 9.54. The lowest BCUT2D eigenvalue weighted by Crippen LogP contribution is -2.15. The fourth-order valence-electron chi connectivity index (χ4n) is 1.39. The van der Waals surface area contributed by atoms with Gasteiger partial charge in [-0.15, -0.1) is 0 Å². The van der Waals surface area contributed by atoms with Crippen LogP contribution in [0.1, 0.15) is 31.9 Å². The molecule has 0 fully saturated rings. The second-order valence-corrected chi connectivity index (χ2v) is 4.02. The largest absolute Gasteiger partial charge is 0.379 e. The molecule has 2 N–H and O–H groups in total. The molecule has 1 unspecified atom stereocenters. The Morgan fingerprint density at radius 2 is 1.75 bits per heavy atom.